The summed E-state index contributed by atoms with van der Waals surface area (Å²) >= 11 is 0. The monoisotopic (exact) mass is 525 g/mol. The molecule has 2 aromatic rings. The van der Waals surface area contributed by atoms with Gasteiger partial charge in [-0.05, 0) is 61.6 Å². The van der Waals surface area contributed by atoms with E-state index in [2.05, 4.69) is 0 Å². The Hall–Kier alpha value is -0.398. The third-order valence-electron chi connectivity index (χ3n) is 4.54. The topological polar surface area (TPSA) is 49.7 Å². The summed E-state index contributed by atoms with van der Waals surface area (Å²) in [5, 5.41) is 21.0. The Morgan fingerprint density at radius 2 is 1.57 bits per heavy atom. The molecule has 0 aromatic heterocycles. The largest absolute Gasteiger partial charge is 0.482 e. The number of aliphatic hydroxyl groups excluding tert-OH is 2. The molecule has 1 heterocycles. The Bertz CT molecular complexity index is 727. The molecule has 3 atom stereocenters. The minimum Gasteiger partial charge on any atom is -0.482 e. The van der Waals surface area contributed by atoms with Gasteiger partial charge in [0.2, 0.25) is 0 Å². The quantitative estimate of drug-likeness (QED) is 0.600. The zero-order valence-corrected chi connectivity index (χ0v) is 18.7. The van der Waals surface area contributed by atoms with E-state index >= 15 is 0 Å². The normalized spacial score (nSPS) is 22.8. The van der Waals surface area contributed by atoms with Gasteiger partial charge in [0.1, 0.15) is 18.0 Å². The minimum absolute atomic E-state index is 0. The van der Waals surface area contributed by atoms with Gasteiger partial charge in [-0.1, -0.05) is 24.3 Å². The van der Waals surface area contributed by atoms with Gasteiger partial charge in [0.15, 0.2) is 6.10 Å². The molecule has 3 unspecified atom stereocenters. The average molecular weight is 525 g/mol. The Balaban J connectivity index is 0.00000192. The predicted octanol–water partition coefficient (Wildman–Crippen LogP) is 3.45. The van der Waals surface area contributed by atoms with Crippen molar-refractivity contribution in [2.45, 2.75) is 46.0 Å². The minimum atomic E-state index is -0.976. The Kier molecular flexibility index (Phi) is 5.95. The number of fused-ring (bicyclic) bond motifs is 1. The van der Waals surface area contributed by atoms with Gasteiger partial charge in [-0.2, -0.15) is 0 Å². The first-order valence-electron chi connectivity index (χ1n) is 7.59. The Morgan fingerprint density at radius 3 is 2.22 bits per heavy atom. The number of aryl methyl sites for hydroxylation is 4. The summed E-state index contributed by atoms with van der Waals surface area (Å²) in [6.07, 6.45) is -2.46. The molecule has 1 aliphatic heterocycles. The number of ether oxygens (including phenoxy) is 1. The van der Waals surface area contributed by atoms with E-state index in [4.69, 9.17) is 4.74 Å². The van der Waals surface area contributed by atoms with Gasteiger partial charge in [0, 0.05) is 49.6 Å². The van der Waals surface area contributed by atoms with Crippen LogP contribution in [0, 0.1) is 71.8 Å². The van der Waals surface area contributed by atoms with Crippen LogP contribution in [0.25, 0.3) is 0 Å². The number of rotatable bonds is 1. The molecule has 0 saturated heterocycles. The van der Waals surface area contributed by atoms with Crippen LogP contribution < -0.4 is 4.74 Å². The Morgan fingerprint density at radius 1 is 0.870 bits per heavy atom. The first-order chi connectivity index (χ1) is 10.4. The van der Waals surface area contributed by atoms with Crippen LogP contribution in [0.5, 0.6) is 5.75 Å². The van der Waals surface area contributed by atoms with E-state index in [1.165, 1.54) is 5.56 Å². The van der Waals surface area contributed by atoms with Crippen LogP contribution in [0.3, 0.4) is 0 Å². The van der Waals surface area contributed by atoms with E-state index in [9.17, 15) is 10.2 Å². The third-order valence-corrected chi connectivity index (χ3v) is 4.54. The van der Waals surface area contributed by atoms with Crippen molar-refractivity contribution in [3.63, 3.8) is 0 Å². The molecule has 119 valence electrons. The summed E-state index contributed by atoms with van der Waals surface area (Å²) in [7, 11) is 0. The smallest absolute Gasteiger partial charge is 0.152 e. The van der Waals surface area contributed by atoms with Crippen molar-refractivity contribution in [1.82, 2.24) is 0 Å². The van der Waals surface area contributed by atoms with Crippen molar-refractivity contribution in [1.29, 1.82) is 0 Å². The Labute approximate surface area is 173 Å². The van der Waals surface area contributed by atoms with Gasteiger partial charge < -0.3 is 14.9 Å². The maximum atomic E-state index is 10.5. The SMILES string of the molecule is Cc1cc(C)c2c(c1)OC(c1ccc(C)c(C)c1)C(O)C2O.[Ac]. The predicted molar refractivity (Wildman–Crippen MR) is 86.2 cm³/mol. The zero-order chi connectivity index (χ0) is 16.0. The molecule has 2 aromatic carbocycles. The van der Waals surface area contributed by atoms with Crippen LogP contribution in [-0.4, -0.2) is 16.3 Å². The number of benzene rings is 2. The zero-order valence-electron chi connectivity index (χ0n) is 14.0. The van der Waals surface area contributed by atoms with Gasteiger partial charge >= 0.3 is 0 Å². The molecule has 0 spiro atoms. The van der Waals surface area contributed by atoms with E-state index < -0.39 is 18.3 Å². The van der Waals surface area contributed by atoms with Crippen molar-refractivity contribution in [2.75, 3.05) is 0 Å². The first-order valence-corrected chi connectivity index (χ1v) is 7.59. The third kappa shape index (κ3) is 3.51. The molecule has 4 heteroatoms. The summed E-state index contributed by atoms with van der Waals surface area (Å²) in [5.74, 6) is 0.665. The van der Waals surface area contributed by atoms with E-state index in [1.807, 2.05) is 58.0 Å². The van der Waals surface area contributed by atoms with Crippen LogP contribution in [0.2, 0.25) is 0 Å². The van der Waals surface area contributed by atoms with Crippen LogP contribution in [0.1, 0.15) is 45.6 Å². The fourth-order valence-corrected chi connectivity index (χ4v) is 3.17. The number of aliphatic hydroxyl groups is 2. The maximum Gasteiger partial charge on any atom is 0.152 e. The van der Waals surface area contributed by atoms with Gasteiger partial charge in [-0.3, -0.25) is 0 Å². The van der Waals surface area contributed by atoms with Crippen LogP contribution >= 0.6 is 0 Å². The van der Waals surface area contributed by atoms with Crippen molar-refractivity contribution in [3.8, 4) is 5.75 Å². The molecular formula is C19H22AcO3. The van der Waals surface area contributed by atoms with E-state index in [0.29, 0.717) is 11.3 Å². The summed E-state index contributed by atoms with van der Waals surface area (Å²) in [5.41, 5.74) is 5.95. The fourth-order valence-electron chi connectivity index (χ4n) is 3.17. The molecule has 0 bridgehead atoms. The summed E-state index contributed by atoms with van der Waals surface area (Å²) in [4.78, 5) is 0. The average Bonchev–Trinajstić information content (AvgIpc) is 2.45. The number of hydrogen-bond donors (Lipinski definition) is 2. The van der Waals surface area contributed by atoms with E-state index in [1.54, 1.807) is 0 Å². The first kappa shape index (κ1) is 18.9. The van der Waals surface area contributed by atoms with Gasteiger partial charge in [-0.15, -0.1) is 0 Å². The molecule has 23 heavy (non-hydrogen) atoms. The molecule has 0 fully saturated rings. The molecule has 0 amide bonds. The van der Waals surface area contributed by atoms with Crippen LogP contribution in [0.15, 0.2) is 30.3 Å². The van der Waals surface area contributed by atoms with Gasteiger partial charge in [0.25, 0.3) is 0 Å². The van der Waals surface area contributed by atoms with Crippen molar-refractivity contribution in [2.24, 2.45) is 0 Å². The molecular weight excluding hydrogens is 503 g/mol. The second kappa shape index (κ2) is 7.23. The number of hydrogen-bond acceptors (Lipinski definition) is 3. The second-order valence-corrected chi connectivity index (χ2v) is 6.31. The van der Waals surface area contributed by atoms with Gasteiger partial charge in [0.05, 0.1) is 0 Å². The van der Waals surface area contributed by atoms with Crippen LogP contribution in [0.4, 0.5) is 0 Å². The summed E-state index contributed by atoms with van der Waals surface area (Å²) in [6.45, 7) is 8.02. The molecule has 0 saturated carbocycles. The fraction of sp³-hybridized carbons (Fsp3) is 0.368. The molecule has 3 nitrogen and oxygen atoms in total. The summed E-state index contributed by atoms with van der Waals surface area (Å²) < 4.78 is 6.05. The van der Waals surface area contributed by atoms with Crippen molar-refractivity contribution >= 4 is 0 Å². The second-order valence-electron chi connectivity index (χ2n) is 6.31. The summed E-state index contributed by atoms with van der Waals surface area (Å²) in [6, 6.07) is 9.91. The van der Waals surface area contributed by atoms with Crippen LogP contribution in [-0.2, 0) is 0 Å². The van der Waals surface area contributed by atoms with E-state index in [-0.39, 0.29) is 44.1 Å². The van der Waals surface area contributed by atoms with E-state index in [0.717, 1.165) is 22.3 Å². The molecule has 0 aliphatic carbocycles. The van der Waals surface area contributed by atoms with Crippen molar-refractivity contribution in [3.05, 3.63) is 63.7 Å². The molecule has 3 rings (SSSR count). The molecule has 1 radical (unpaired) electrons. The van der Waals surface area contributed by atoms with Crippen molar-refractivity contribution < 1.29 is 59.0 Å². The molecule has 2 N–H and O–H groups in total. The standard InChI is InChI=1S/C19H22O3.Ac/c1-10-7-13(4)16-15(8-10)22-19(18(21)17(16)20)14-6-5-11(2)12(3)9-14;/h5-9,17-21H,1-4H3;. The van der Waals surface area contributed by atoms with Gasteiger partial charge in [-0.25, -0.2) is 0 Å². The maximum absolute atomic E-state index is 10.5. The molecule has 1 aliphatic rings.